The number of phenols is 1. The van der Waals surface area contributed by atoms with Crippen molar-refractivity contribution in [1.82, 2.24) is 0 Å². The van der Waals surface area contributed by atoms with E-state index in [2.05, 4.69) is 0 Å². The highest BCUT2D eigenvalue weighted by molar-refractivity contribution is 6.03. The van der Waals surface area contributed by atoms with Crippen molar-refractivity contribution < 1.29 is 23.1 Å². The summed E-state index contributed by atoms with van der Waals surface area (Å²) in [5, 5.41) is 9.71. The second kappa shape index (κ2) is 6.01. The van der Waals surface area contributed by atoms with Gasteiger partial charge in [-0.15, -0.1) is 12.4 Å². The lowest BCUT2D eigenvalue weighted by Crippen LogP contribution is -2.24. The van der Waals surface area contributed by atoms with Crippen LogP contribution in [0.25, 0.3) is 0 Å². The molecule has 0 fully saturated rings. The molecule has 7 heteroatoms. The number of carbonyl (C=O) groups is 1. The van der Waals surface area contributed by atoms with E-state index in [-0.39, 0.29) is 24.5 Å². The summed E-state index contributed by atoms with van der Waals surface area (Å²) in [5.41, 5.74) is 4.82. The number of ketones is 1. The average Bonchev–Trinajstić information content (AvgIpc) is 2.25. The van der Waals surface area contributed by atoms with Crippen molar-refractivity contribution in [3.8, 4) is 5.75 Å². The van der Waals surface area contributed by atoms with Crippen LogP contribution in [0.15, 0.2) is 12.1 Å². The fraction of sp³-hybridized carbons (Fsp3) is 0.462. The first-order valence-corrected chi connectivity index (χ1v) is 5.66. The normalized spacial score (nSPS) is 11.9. The molecule has 0 aliphatic heterocycles. The van der Waals surface area contributed by atoms with Gasteiger partial charge in [-0.3, -0.25) is 4.79 Å². The highest BCUT2D eigenvalue weighted by Crippen LogP contribution is 2.34. The first kappa shape index (κ1) is 18.7. The number of carbonyl (C=O) groups excluding carboxylic acids is 1. The Kier molecular flexibility index (Phi) is 5.63. The van der Waals surface area contributed by atoms with Gasteiger partial charge in [0.2, 0.25) is 0 Å². The molecule has 0 radical (unpaired) electrons. The molecule has 0 bridgehead atoms. The first-order chi connectivity index (χ1) is 8.48. The summed E-state index contributed by atoms with van der Waals surface area (Å²) in [7, 11) is 0. The highest BCUT2D eigenvalue weighted by Gasteiger charge is 2.41. The molecule has 0 amide bonds. The van der Waals surface area contributed by atoms with Crippen molar-refractivity contribution in [3.05, 3.63) is 28.8 Å². The molecular formula is C13H17ClF3NO2. The van der Waals surface area contributed by atoms with E-state index in [1.165, 1.54) is 6.07 Å². The summed E-state index contributed by atoms with van der Waals surface area (Å²) in [5.74, 6) is -2.76. The largest absolute Gasteiger partial charge is 0.507 e. The van der Waals surface area contributed by atoms with E-state index in [1.54, 1.807) is 20.8 Å². The SMILES string of the molecule is CC(C)(C)c1cc(CN)c(O)c(C(=O)C(F)(F)F)c1.Cl. The van der Waals surface area contributed by atoms with Crippen LogP contribution in [0.4, 0.5) is 13.2 Å². The number of phenolic OH excluding ortho intramolecular Hbond substituents is 1. The lowest BCUT2D eigenvalue weighted by atomic mass is 9.84. The predicted octanol–water partition coefficient (Wildman–Crippen LogP) is 3.32. The molecule has 114 valence electrons. The first-order valence-electron chi connectivity index (χ1n) is 5.66. The number of aromatic hydroxyl groups is 1. The van der Waals surface area contributed by atoms with Crippen LogP contribution < -0.4 is 5.73 Å². The Morgan fingerprint density at radius 3 is 2.10 bits per heavy atom. The molecule has 1 aromatic rings. The van der Waals surface area contributed by atoms with E-state index in [9.17, 15) is 23.1 Å². The zero-order valence-electron chi connectivity index (χ0n) is 11.3. The van der Waals surface area contributed by atoms with Crippen molar-refractivity contribution >= 4 is 18.2 Å². The lowest BCUT2D eigenvalue weighted by Gasteiger charge is -2.22. The Morgan fingerprint density at radius 2 is 1.75 bits per heavy atom. The van der Waals surface area contributed by atoms with Crippen LogP contribution in [0.3, 0.4) is 0 Å². The molecule has 0 aliphatic carbocycles. The van der Waals surface area contributed by atoms with E-state index >= 15 is 0 Å². The van der Waals surface area contributed by atoms with E-state index < -0.39 is 28.7 Å². The van der Waals surface area contributed by atoms with Gasteiger partial charge >= 0.3 is 6.18 Å². The molecule has 0 saturated heterocycles. The van der Waals surface area contributed by atoms with Crippen LogP contribution in [0.5, 0.6) is 5.75 Å². The number of halogens is 4. The summed E-state index contributed by atoms with van der Waals surface area (Å²) >= 11 is 0. The maximum atomic E-state index is 12.5. The summed E-state index contributed by atoms with van der Waals surface area (Å²) in [4.78, 5) is 11.3. The molecule has 1 aromatic carbocycles. The molecule has 0 saturated carbocycles. The minimum atomic E-state index is -5.03. The number of rotatable bonds is 2. The Morgan fingerprint density at radius 1 is 1.25 bits per heavy atom. The van der Waals surface area contributed by atoms with Crippen molar-refractivity contribution in [2.24, 2.45) is 5.73 Å². The van der Waals surface area contributed by atoms with Crippen molar-refractivity contribution in [2.45, 2.75) is 38.9 Å². The van der Waals surface area contributed by atoms with Gasteiger partial charge in [0.15, 0.2) is 0 Å². The number of nitrogens with two attached hydrogens (primary N) is 1. The van der Waals surface area contributed by atoms with Crippen LogP contribution in [0.2, 0.25) is 0 Å². The summed E-state index contributed by atoms with van der Waals surface area (Å²) < 4.78 is 37.5. The van der Waals surface area contributed by atoms with Crippen molar-refractivity contribution in [2.75, 3.05) is 0 Å². The zero-order valence-corrected chi connectivity index (χ0v) is 12.2. The Balaban J connectivity index is 0.00000361. The maximum Gasteiger partial charge on any atom is 0.455 e. The minimum absolute atomic E-state index is 0. The minimum Gasteiger partial charge on any atom is -0.507 e. The molecule has 3 N–H and O–H groups in total. The van der Waals surface area contributed by atoms with Crippen molar-refractivity contribution in [1.29, 1.82) is 0 Å². The fourth-order valence-electron chi connectivity index (χ4n) is 1.61. The molecule has 0 unspecified atom stereocenters. The third-order valence-electron chi connectivity index (χ3n) is 2.78. The predicted molar refractivity (Wildman–Crippen MR) is 72.3 cm³/mol. The van der Waals surface area contributed by atoms with Gasteiger partial charge in [-0.2, -0.15) is 13.2 Å². The van der Waals surface area contributed by atoms with Gasteiger partial charge in [0, 0.05) is 12.1 Å². The Hall–Kier alpha value is -1.27. The van der Waals surface area contributed by atoms with Gasteiger partial charge in [0.1, 0.15) is 5.75 Å². The van der Waals surface area contributed by atoms with Crippen LogP contribution in [0, 0.1) is 0 Å². The van der Waals surface area contributed by atoms with Gasteiger partial charge in [-0.05, 0) is 17.0 Å². The molecule has 0 atom stereocenters. The van der Waals surface area contributed by atoms with Crippen LogP contribution in [0.1, 0.15) is 42.3 Å². The molecule has 0 spiro atoms. The second-order valence-electron chi connectivity index (χ2n) is 5.31. The zero-order chi connectivity index (χ0) is 15.0. The van der Waals surface area contributed by atoms with E-state index in [4.69, 9.17) is 5.73 Å². The van der Waals surface area contributed by atoms with Gasteiger partial charge in [0.25, 0.3) is 5.78 Å². The smallest absolute Gasteiger partial charge is 0.455 e. The fourth-order valence-corrected chi connectivity index (χ4v) is 1.61. The third kappa shape index (κ3) is 3.86. The van der Waals surface area contributed by atoms with Gasteiger partial charge in [-0.25, -0.2) is 0 Å². The Bertz CT molecular complexity index is 508. The highest BCUT2D eigenvalue weighted by atomic mass is 35.5. The maximum absolute atomic E-state index is 12.5. The van der Waals surface area contributed by atoms with E-state index in [0.29, 0.717) is 5.56 Å². The number of Topliss-reactive ketones (excluding diaryl/α,β-unsaturated/α-hetero) is 1. The Labute approximate surface area is 121 Å². The standard InChI is InChI=1S/C13H16F3NO2.ClH/c1-12(2,3)8-4-7(6-17)10(18)9(5-8)11(19)13(14,15)16;/h4-5,18H,6,17H2,1-3H3;1H. The average molecular weight is 312 g/mol. The van der Waals surface area contributed by atoms with Crippen LogP contribution in [-0.4, -0.2) is 17.1 Å². The van der Waals surface area contributed by atoms with E-state index in [0.717, 1.165) is 6.07 Å². The number of alkyl halides is 3. The topological polar surface area (TPSA) is 63.3 Å². The second-order valence-corrected chi connectivity index (χ2v) is 5.31. The number of hydrogen-bond acceptors (Lipinski definition) is 3. The van der Waals surface area contributed by atoms with Gasteiger partial charge < -0.3 is 10.8 Å². The number of benzene rings is 1. The molecule has 0 aromatic heterocycles. The molecule has 0 heterocycles. The molecule has 0 aliphatic rings. The number of hydrogen-bond donors (Lipinski definition) is 2. The summed E-state index contributed by atoms with van der Waals surface area (Å²) in [6.45, 7) is 5.23. The third-order valence-corrected chi connectivity index (χ3v) is 2.78. The van der Waals surface area contributed by atoms with Gasteiger partial charge in [0.05, 0.1) is 5.56 Å². The van der Waals surface area contributed by atoms with E-state index in [1.807, 2.05) is 0 Å². The van der Waals surface area contributed by atoms with Crippen LogP contribution in [-0.2, 0) is 12.0 Å². The molecule has 3 nitrogen and oxygen atoms in total. The van der Waals surface area contributed by atoms with Gasteiger partial charge in [-0.1, -0.05) is 26.8 Å². The molecular weight excluding hydrogens is 295 g/mol. The molecule has 20 heavy (non-hydrogen) atoms. The van der Waals surface area contributed by atoms with Crippen molar-refractivity contribution in [3.63, 3.8) is 0 Å². The quantitative estimate of drug-likeness (QED) is 0.824. The van der Waals surface area contributed by atoms with Crippen LogP contribution >= 0.6 is 12.4 Å². The monoisotopic (exact) mass is 311 g/mol. The summed E-state index contributed by atoms with van der Waals surface area (Å²) in [6, 6.07) is 2.59. The summed E-state index contributed by atoms with van der Waals surface area (Å²) in [6.07, 6.45) is -5.03. The molecule has 1 rings (SSSR count). The lowest BCUT2D eigenvalue weighted by molar-refractivity contribution is -0.0886.